The number of aromatic nitrogens is 2. The number of nitrogens with two attached hydrogens (primary N) is 1. The summed E-state index contributed by atoms with van der Waals surface area (Å²) in [6.07, 6.45) is 0. The van der Waals surface area contributed by atoms with Crippen LogP contribution >= 0.6 is 0 Å². The highest BCUT2D eigenvalue weighted by molar-refractivity contribution is 5.94. The quantitative estimate of drug-likeness (QED) is 0.461. The number of rotatable bonds is 6. The van der Waals surface area contributed by atoms with Crippen molar-refractivity contribution in [2.45, 2.75) is 19.9 Å². The fourth-order valence-electron chi connectivity index (χ4n) is 3.82. The van der Waals surface area contributed by atoms with Gasteiger partial charge >= 0.3 is 0 Å². The first kappa shape index (κ1) is 21.4. The predicted molar refractivity (Wildman–Crippen MR) is 118 cm³/mol. The van der Waals surface area contributed by atoms with E-state index >= 15 is 0 Å². The van der Waals surface area contributed by atoms with E-state index in [2.05, 4.69) is 15.0 Å². The molecule has 0 radical (unpaired) electrons. The summed E-state index contributed by atoms with van der Waals surface area (Å²) >= 11 is 0. The second-order valence-corrected chi connectivity index (χ2v) is 7.85. The smallest absolute Gasteiger partial charge is 0.293 e. The van der Waals surface area contributed by atoms with Crippen LogP contribution < -0.4 is 10.6 Å². The van der Waals surface area contributed by atoms with Gasteiger partial charge in [-0.2, -0.15) is 4.98 Å². The molecular formula is C22H24N6O4. The minimum absolute atomic E-state index is 0.0870. The lowest BCUT2D eigenvalue weighted by Crippen LogP contribution is -2.47. The number of anilines is 1. The van der Waals surface area contributed by atoms with Gasteiger partial charge in [0.25, 0.3) is 5.69 Å². The molecule has 0 aliphatic carbocycles. The Morgan fingerprint density at radius 3 is 2.47 bits per heavy atom. The molecule has 0 bridgehead atoms. The van der Waals surface area contributed by atoms with Crippen molar-refractivity contribution in [1.82, 2.24) is 15.0 Å². The number of aryl methyl sites for hydroxylation is 1. The minimum Gasteiger partial charge on any atom is -0.366 e. The molecule has 1 saturated heterocycles. The summed E-state index contributed by atoms with van der Waals surface area (Å²) < 4.78 is 5.51. The number of piperazine rings is 1. The lowest BCUT2D eigenvalue weighted by molar-refractivity contribution is -0.384. The number of nitrogens with zero attached hydrogens (tertiary/aromatic N) is 5. The zero-order valence-electron chi connectivity index (χ0n) is 17.9. The molecule has 1 amide bonds. The number of carbonyl (C=O) groups excluding carboxylic acids is 1. The monoisotopic (exact) mass is 436 g/mol. The molecule has 1 fully saturated rings. The van der Waals surface area contributed by atoms with Crippen molar-refractivity contribution in [3.8, 4) is 11.4 Å². The van der Waals surface area contributed by atoms with Gasteiger partial charge in [-0.3, -0.25) is 19.8 Å². The first-order valence-corrected chi connectivity index (χ1v) is 10.3. The maximum atomic E-state index is 11.5. The predicted octanol–water partition coefficient (Wildman–Crippen LogP) is 2.94. The number of nitro benzene ring substituents is 1. The Bertz CT molecular complexity index is 1140. The van der Waals surface area contributed by atoms with Crippen LogP contribution in [-0.4, -0.2) is 52.1 Å². The Morgan fingerprint density at radius 2 is 1.84 bits per heavy atom. The summed E-state index contributed by atoms with van der Waals surface area (Å²) in [5.41, 5.74) is 7.79. The van der Waals surface area contributed by atoms with E-state index in [0.717, 1.165) is 11.1 Å². The summed E-state index contributed by atoms with van der Waals surface area (Å²) in [5.74, 6) is 0.393. The van der Waals surface area contributed by atoms with Crippen LogP contribution in [0.15, 0.2) is 47.0 Å². The maximum Gasteiger partial charge on any atom is 0.293 e. The summed E-state index contributed by atoms with van der Waals surface area (Å²) in [5, 5.41) is 15.6. The Kier molecular flexibility index (Phi) is 5.87. The number of hydrogen-bond donors (Lipinski definition) is 1. The van der Waals surface area contributed by atoms with Crippen LogP contribution in [0.2, 0.25) is 0 Å². The number of benzene rings is 2. The van der Waals surface area contributed by atoms with Crippen LogP contribution in [0.4, 0.5) is 11.4 Å². The minimum atomic E-state index is -0.692. The average molecular weight is 436 g/mol. The summed E-state index contributed by atoms with van der Waals surface area (Å²) in [4.78, 5) is 31.1. The standard InChI is InChI=1S/C22H24N6O4/c1-14-3-5-16(6-4-14)21-24-22(32-25-21)15(2)26-9-11-27(12-10-26)18-8-7-17(20(23)29)13-19(18)28(30)31/h3-8,13,15H,9-12H2,1-2H3,(H2,23,29). The molecule has 2 heterocycles. The van der Waals surface area contributed by atoms with Crippen LogP contribution in [0.1, 0.15) is 34.8 Å². The molecule has 3 aromatic rings. The molecule has 1 aliphatic rings. The Balaban J connectivity index is 1.44. The molecule has 4 rings (SSSR count). The molecule has 166 valence electrons. The van der Waals surface area contributed by atoms with Crippen molar-refractivity contribution in [1.29, 1.82) is 0 Å². The van der Waals surface area contributed by atoms with Gasteiger partial charge in [-0.25, -0.2) is 0 Å². The molecule has 2 N–H and O–H groups in total. The van der Waals surface area contributed by atoms with Gasteiger partial charge in [-0.1, -0.05) is 35.0 Å². The van der Waals surface area contributed by atoms with E-state index in [1.54, 1.807) is 6.07 Å². The van der Waals surface area contributed by atoms with Gasteiger partial charge in [-0.15, -0.1) is 0 Å². The van der Waals surface area contributed by atoms with Crippen LogP contribution in [-0.2, 0) is 0 Å². The number of amides is 1. The van der Waals surface area contributed by atoms with E-state index in [1.165, 1.54) is 12.1 Å². The van der Waals surface area contributed by atoms with E-state index in [-0.39, 0.29) is 17.3 Å². The molecule has 0 saturated carbocycles. The van der Waals surface area contributed by atoms with Crippen molar-refractivity contribution >= 4 is 17.3 Å². The van der Waals surface area contributed by atoms with Crippen LogP contribution in [0, 0.1) is 17.0 Å². The lowest BCUT2D eigenvalue weighted by atomic mass is 10.1. The van der Waals surface area contributed by atoms with Crippen LogP contribution in [0.5, 0.6) is 0 Å². The summed E-state index contributed by atoms with van der Waals surface area (Å²) in [6.45, 7) is 6.52. The molecular weight excluding hydrogens is 412 g/mol. The van der Waals surface area contributed by atoms with E-state index in [4.69, 9.17) is 10.3 Å². The third kappa shape index (κ3) is 4.30. The first-order chi connectivity index (χ1) is 15.3. The molecule has 2 aromatic carbocycles. The molecule has 1 aromatic heterocycles. The zero-order chi connectivity index (χ0) is 22.8. The number of primary amides is 1. The summed E-state index contributed by atoms with van der Waals surface area (Å²) in [6, 6.07) is 12.2. The van der Waals surface area contributed by atoms with Crippen molar-refractivity contribution in [3.05, 3.63) is 69.6 Å². The van der Waals surface area contributed by atoms with Crippen molar-refractivity contribution in [2.24, 2.45) is 5.73 Å². The van der Waals surface area contributed by atoms with E-state index < -0.39 is 10.8 Å². The Labute approximate surface area is 184 Å². The van der Waals surface area contributed by atoms with Gasteiger partial charge in [-0.05, 0) is 26.0 Å². The lowest BCUT2D eigenvalue weighted by Gasteiger charge is -2.37. The van der Waals surface area contributed by atoms with E-state index in [0.29, 0.717) is 43.6 Å². The van der Waals surface area contributed by atoms with Gasteiger partial charge < -0.3 is 15.2 Å². The normalized spacial score (nSPS) is 15.5. The maximum absolute atomic E-state index is 11.5. The molecule has 0 spiro atoms. The zero-order valence-corrected chi connectivity index (χ0v) is 17.9. The average Bonchev–Trinajstić information content (AvgIpc) is 3.29. The number of nitro groups is 1. The topological polar surface area (TPSA) is 132 Å². The van der Waals surface area contributed by atoms with Crippen LogP contribution in [0.3, 0.4) is 0 Å². The second kappa shape index (κ2) is 8.75. The molecule has 10 nitrogen and oxygen atoms in total. The third-order valence-electron chi connectivity index (χ3n) is 5.77. The van der Waals surface area contributed by atoms with Gasteiger partial charge in [0.05, 0.1) is 11.0 Å². The van der Waals surface area contributed by atoms with Gasteiger partial charge in [0.1, 0.15) is 5.69 Å². The molecule has 1 atom stereocenters. The molecule has 10 heteroatoms. The summed E-state index contributed by atoms with van der Waals surface area (Å²) in [7, 11) is 0. The van der Waals surface area contributed by atoms with Crippen molar-refractivity contribution < 1.29 is 14.2 Å². The van der Waals surface area contributed by atoms with Crippen LogP contribution in [0.25, 0.3) is 11.4 Å². The highest BCUT2D eigenvalue weighted by Gasteiger charge is 2.29. The van der Waals surface area contributed by atoms with Gasteiger partial charge in [0.2, 0.25) is 17.6 Å². The second-order valence-electron chi connectivity index (χ2n) is 7.85. The SMILES string of the molecule is Cc1ccc(-c2noc(C(C)N3CCN(c4ccc(C(N)=O)cc4[N+](=O)[O-])CC3)n2)cc1. The first-order valence-electron chi connectivity index (χ1n) is 10.3. The highest BCUT2D eigenvalue weighted by Crippen LogP contribution is 2.31. The number of hydrogen-bond acceptors (Lipinski definition) is 8. The number of carbonyl (C=O) groups is 1. The molecule has 32 heavy (non-hydrogen) atoms. The van der Waals surface area contributed by atoms with Crippen molar-refractivity contribution in [3.63, 3.8) is 0 Å². The van der Waals surface area contributed by atoms with E-state index in [9.17, 15) is 14.9 Å². The largest absolute Gasteiger partial charge is 0.366 e. The van der Waals surface area contributed by atoms with Crippen molar-refractivity contribution in [2.75, 3.05) is 31.1 Å². The van der Waals surface area contributed by atoms with Gasteiger partial charge in [0, 0.05) is 43.4 Å². The van der Waals surface area contributed by atoms with E-state index in [1.807, 2.05) is 43.0 Å². The highest BCUT2D eigenvalue weighted by atomic mass is 16.6. The third-order valence-corrected chi connectivity index (χ3v) is 5.77. The van der Waals surface area contributed by atoms with Gasteiger partial charge in [0.15, 0.2) is 0 Å². The fraction of sp³-hybridized carbons (Fsp3) is 0.318. The molecule has 1 aliphatic heterocycles. The Hall–Kier alpha value is -3.79. The fourth-order valence-corrected chi connectivity index (χ4v) is 3.82. The molecule has 1 unspecified atom stereocenters. The Morgan fingerprint density at radius 1 is 1.16 bits per heavy atom.